The molecule has 1 heterocycles. The summed E-state index contributed by atoms with van der Waals surface area (Å²) in [6.07, 6.45) is -2.62. The van der Waals surface area contributed by atoms with Crippen LogP contribution in [0.15, 0.2) is 42.6 Å². The smallest absolute Gasteiger partial charge is 0.416 e. The van der Waals surface area contributed by atoms with E-state index >= 15 is 0 Å². The van der Waals surface area contributed by atoms with Crippen molar-refractivity contribution in [2.24, 2.45) is 0 Å². The molecule has 1 aromatic carbocycles. The van der Waals surface area contributed by atoms with Crippen molar-refractivity contribution in [1.29, 1.82) is 0 Å². The first-order chi connectivity index (χ1) is 9.91. The Kier molecular flexibility index (Phi) is 4.50. The molecular formula is C16H16F3NO. The predicted molar refractivity (Wildman–Crippen MR) is 74.4 cm³/mol. The standard InChI is InChI=1S/C16H16F3NO/c1-3-21-15-9-6-13(10-20-15)11(2)12-4-7-14(8-5-12)16(17,18)19/h4-11H,3H2,1-2H3. The van der Waals surface area contributed by atoms with Crippen LogP contribution < -0.4 is 4.74 Å². The normalized spacial score (nSPS) is 13.0. The lowest BCUT2D eigenvalue weighted by Gasteiger charge is -2.14. The Morgan fingerprint density at radius 2 is 1.67 bits per heavy atom. The van der Waals surface area contributed by atoms with Gasteiger partial charge in [-0.25, -0.2) is 4.98 Å². The van der Waals surface area contributed by atoms with Crippen molar-refractivity contribution in [3.8, 4) is 5.88 Å². The second-order valence-electron chi connectivity index (χ2n) is 4.70. The molecule has 0 amide bonds. The van der Waals surface area contributed by atoms with E-state index in [1.165, 1.54) is 12.1 Å². The minimum atomic E-state index is -4.30. The molecule has 1 unspecified atom stereocenters. The molecule has 2 nitrogen and oxygen atoms in total. The number of halogens is 3. The number of nitrogens with zero attached hydrogens (tertiary/aromatic N) is 1. The lowest BCUT2D eigenvalue weighted by atomic mass is 9.94. The van der Waals surface area contributed by atoms with Crippen LogP contribution in [0.4, 0.5) is 13.2 Å². The third-order valence-electron chi connectivity index (χ3n) is 3.29. The summed E-state index contributed by atoms with van der Waals surface area (Å²) >= 11 is 0. The number of benzene rings is 1. The van der Waals surface area contributed by atoms with E-state index in [4.69, 9.17) is 4.74 Å². The highest BCUT2D eigenvalue weighted by molar-refractivity contribution is 5.34. The summed E-state index contributed by atoms with van der Waals surface area (Å²) in [7, 11) is 0. The van der Waals surface area contributed by atoms with E-state index in [-0.39, 0.29) is 5.92 Å². The molecule has 0 aliphatic heterocycles. The molecule has 2 aromatic rings. The maximum Gasteiger partial charge on any atom is 0.416 e. The van der Waals surface area contributed by atoms with Crippen LogP contribution in [0, 0.1) is 0 Å². The average molecular weight is 295 g/mol. The van der Waals surface area contributed by atoms with Crippen molar-refractivity contribution in [3.05, 3.63) is 59.3 Å². The average Bonchev–Trinajstić information content (AvgIpc) is 2.47. The van der Waals surface area contributed by atoms with Crippen LogP contribution in [0.5, 0.6) is 5.88 Å². The number of hydrogen-bond acceptors (Lipinski definition) is 2. The fourth-order valence-electron chi connectivity index (χ4n) is 2.03. The van der Waals surface area contributed by atoms with Gasteiger partial charge in [0.25, 0.3) is 0 Å². The molecule has 5 heteroatoms. The zero-order valence-electron chi connectivity index (χ0n) is 11.8. The lowest BCUT2D eigenvalue weighted by Crippen LogP contribution is -2.05. The van der Waals surface area contributed by atoms with Crippen LogP contribution in [0.2, 0.25) is 0 Å². The van der Waals surface area contributed by atoms with Gasteiger partial charge in [-0.2, -0.15) is 13.2 Å². The Morgan fingerprint density at radius 3 is 2.14 bits per heavy atom. The molecule has 1 atom stereocenters. The van der Waals surface area contributed by atoms with Crippen LogP contribution in [0.25, 0.3) is 0 Å². The fourth-order valence-corrected chi connectivity index (χ4v) is 2.03. The molecule has 0 aliphatic carbocycles. The fraction of sp³-hybridized carbons (Fsp3) is 0.312. The molecule has 0 saturated carbocycles. The molecule has 1 aromatic heterocycles. The summed E-state index contributed by atoms with van der Waals surface area (Å²) in [5.41, 5.74) is 1.11. The third-order valence-corrected chi connectivity index (χ3v) is 3.29. The molecule has 0 spiro atoms. The molecule has 112 valence electrons. The minimum Gasteiger partial charge on any atom is -0.478 e. The summed E-state index contributed by atoms with van der Waals surface area (Å²) in [6, 6.07) is 8.86. The minimum absolute atomic E-state index is 0.0320. The monoisotopic (exact) mass is 295 g/mol. The molecule has 0 N–H and O–H groups in total. The van der Waals surface area contributed by atoms with E-state index in [0.717, 1.165) is 23.3 Å². The van der Waals surface area contributed by atoms with E-state index in [9.17, 15) is 13.2 Å². The van der Waals surface area contributed by atoms with Crippen molar-refractivity contribution in [2.45, 2.75) is 25.9 Å². The van der Waals surface area contributed by atoms with E-state index in [1.54, 1.807) is 12.3 Å². The van der Waals surface area contributed by atoms with Crippen molar-refractivity contribution < 1.29 is 17.9 Å². The van der Waals surface area contributed by atoms with Gasteiger partial charge in [0.05, 0.1) is 12.2 Å². The van der Waals surface area contributed by atoms with Gasteiger partial charge in [0.1, 0.15) is 0 Å². The Hall–Kier alpha value is -2.04. The van der Waals surface area contributed by atoms with Gasteiger partial charge in [0.2, 0.25) is 5.88 Å². The Bertz CT molecular complexity index is 576. The van der Waals surface area contributed by atoms with Crippen LogP contribution >= 0.6 is 0 Å². The summed E-state index contributed by atoms with van der Waals surface area (Å²) in [6.45, 7) is 4.35. The van der Waals surface area contributed by atoms with E-state index in [0.29, 0.717) is 12.5 Å². The van der Waals surface area contributed by atoms with Crippen LogP contribution in [0.3, 0.4) is 0 Å². The first-order valence-electron chi connectivity index (χ1n) is 6.67. The molecule has 0 bridgehead atoms. The van der Waals surface area contributed by atoms with Crippen LogP contribution in [0.1, 0.15) is 36.5 Å². The molecule has 0 saturated heterocycles. The second kappa shape index (κ2) is 6.16. The summed E-state index contributed by atoms with van der Waals surface area (Å²) in [4.78, 5) is 4.17. The van der Waals surface area contributed by atoms with Crippen molar-refractivity contribution in [2.75, 3.05) is 6.61 Å². The Labute approximate surface area is 121 Å². The SMILES string of the molecule is CCOc1ccc(C(C)c2ccc(C(F)(F)F)cc2)cn1. The van der Waals surface area contributed by atoms with E-state index in [1.807, 2.05) is 19.9 Å². The predicted octanol–water partition coefficient (Wildman–Crippen LogP) is 4.65. The largest absolute Gasteiger partial charge is 0.478 e. The van der Waals surface area contributed by atoms with Gasteiger partial charge in [0, 0.05) is 18.2 Å². The molecule has 0 radical (unpaired) electrons. The topological polar surface area (TPSA) is 22.1 Å². The van der Waals surface area contributed by atoms with Gasteiger partial charge < -0.3 is 4.74 Å². The zero-order chi connectivity index (χ0) is 15.5. The van der Waals surface area contributed by atoms with Gasteiger partial charge in [-0.1, -0.05) is 25.1 Å². The number of ether oxygens (including phenoxy) is 1. The summed E-state index contributed by atoms with van der Waals surface area (Å²) in [5, 5.41) is 0. The zero-order valence-corrected chi connectivity index (χ0v) is 11.8. The maximum absolute atomic E-state index is 12.5. The second-order valence-corrected chi connectivity index (χ2v) is 4.70. The molecular weight excluding hydrogens is 279 g/mol. The molecule has 0 fully saturated rings. The molecule has 0 aliphatic rings. The highest BCUT2D eigenvalue weighted by Crippen LogP contribution is 2.31. The van der Waals surface area contributed by atoms with Gasteiger partial charge in [-0.05, 0) is 30.2 Å². The number of hydrogen-bond donors (Lipinski definition) is 0. The quantitative estimate of drug-likeness (QED) is 0.819. The van der Waals surface area contributed by atoms with Crippen molar-refractivity contribution in [1.82, 2.24) is 4.98 Å². The number of alkyl halides is 3. The first-order valence-corrected chi connectivity index (χ1v) is 6.67. The molecule has 21 heavy (non-hydrogen) atoms. The van der Waals surface area contributed by atoms with Crippen molar-refractivity contribution >= 4 is 0 Å². The highest BCUT2D eigenvalue weighted by Gasteiger charge is 2.30. The van der Waals surface area contributed by atoms with Gasteiger partial charge in [-0.3, -0.25) is 0 Å². The number of aromatic nitrogens is 1. The summed E-state index contributed by atoms with van der Waals surface area (Å²) < 4.78 is 42.9. The Morgan fingerprint density at radius 1 is 1.05 bits per heavy atom. The number of pyridine rings is 1. The third kappa shape index (κ3) is 3.74. The van der Waals surface area contributed by atoms with Crippen LogP contribution in [-0.4, -0.2) is 11.6 Å². The summed E-state index contributed by atoms with van der Waals surface area (Å²) in [5.74, 6) is 0.510. The van der Waals surface area contributed by atoms with Gasteiger partial charge in [-0.15, -0.1) is 0 Å². The highest BCUT2D eigenvalue weighted by atomic mass is 19.4. The number of rotatable bonds is 4. The lowest BCUT2D eigenvalue weighted by molar-refractivity contribution is -0.137. The van der Waals surface area contributed by atoms with Crippen LogP contribution in [-0.2, 0) is 6.18 Å². The molecule has 2 rings (SSSR count). The maximum atomic E-state index is 12.5. The Balaban J connectivity index is 2.17. The van der Waals surface area contributed by atoms with Gasteiger partial charge in [0.15, 0.2) is 0 Å². The first kappa shape index (κ1) is 15.4. The van der Waals surface area contributed by atoms with Crippen molar-refractivity contribution in [3.63, 3.8) is 0 Å². The van der Waals surface area contributed by atoms with E-state index < -0.39 is 11.7 Å². The van der Waals surface area contributed by atoms with Gasteiger partial charge >= 0.3 is 6.18 Å². The van der Waals surface area contributed by atoms with E-state index in [2.05, 4.69) is 4.98 Å².